The predicted molar refractivity (Wildman–Crippen MR) is 112 cm³/mol. The van der Waals surface area contributed by atoms with E-state index in [-0.39, 0.29) is 24.5 Å². The first-order valence-electron chi connectivity index (χ1n) is 11.4. The molecule has 0 radical (unpaired) electrons. The molecule has 1 aliphatic rings. The standard InChI is InChI=1S/C22H43N2O4.ClH/c1-4-6-7-8-9-10-11-12-13-14-19-28-21(25)20-24(3)17-15-23(16-18-24)22(26)27-5-2;/h4-20H2,1-3H3;1H/q+1;/p-1. The summed E-state index contributed by atoms with van der Waals surface area (Å²) >= 11 is 0. The number of hydrogen-bond donors (Lipinski definition) is 0. The van der Waals surface area contributed by atoms with Gasteiger partial charge in [0.15, 0.2) is 6.54 Å². The summed E-state index contributed by atoms with van der Waals surface area (Å²) in [7, 11) is 2.06. The zero-order valence-electron chi connectivity index (χ0n) is 18.9. The topological polar surface area (TPSA) is 55.8 Å². The Morgan fingerprint density at radius 1 is 0.828 bits per heavy atom. The lowest BCUT2D eigenvalue weighted by molar-refractivity contribution is -0.906. The van der Waals surface area contributed by atoms with Gasteiger partial charge in [0.2, 0.25) is 0 Å². The number of carbonyl (C=O) groups is 2. The molecule has 0 bridgehead atoms. The molecule has 7 heteroatoms. The molecule has 0 spiro atoms. The van der Waals surface area contributed by atoms with Gasteiger partial charge in [0.1, 0.15) is 0 Å². The Morgan fingerprint density at radius 2 is 1.34 bits per heavy atom. The van der Waals surface area contributed by atoms with E-state index in [9.17, 15) is 9.59 Å². The molecule has 1 rings (SSSR count). The van der Waals surface area contributed by atoms with Crippen molar-refractivity contribution in [2.24, 2.45) is 0 Å². The maximum absolute atomic E-state index is 12.2. The third-order valence-electron chi connectivity index (χ3n) is 5.62. The molecule has 1 fully saturated rings. The van der Waals surface area contributed by atoms with Crippen LogP contribution in [0.2, 0.25) is 0 Å². The molecule has 0 aromatic heterocycles. The van der Waals surface area contributed by atoms with E-state index >= 15 is 0 Å². The van der Waals surface area contributed by atoms with Gasteiger partial charge in [0.25, 0.3) is 0 Å². The van der Waals surface area contributed by atoms with Crippen molar-refractivity contribution >= 4 is 12.1 Å². The minimum Gasteiger partial charge on any atom is -1.00 e. The summed E-state index contributed by atoms with van der Waals surface area (Å²) in [5, 5.41) is 0. The van der Waals surface area contributed by atoms with Gasteiger partial charge >= 0.3 is 12.1 Å². The van der Waals surface area contributed by atoms with E-state index in [4.69, 9.17) is 9.47 Å². The molecule has 0 aromatic rings. The van der Waals surface area contributed by atoms with Gasteiger partial charge in [-0.2, -0.15) is 0 Å². The van der Waals surface area contributed by atoms with Crippen LogP contribution in [0.3, 0.4) is 0 Å². The Bertz CT molecular complexity index is 441. The van der Waals surface area contributed by atoms with Gasteiger partial charge in [-0.3, -0.25) is 4.90 Å². The van der Waals surface area contributed by atoms with E-state index < -0.39 is 0 Å². The number of rotatable bonds is 14. The molecule has 0 saturated carbocycles. The van der Waals surface area contributed by atoms with Crippen molar-refractivity contribution in [2.75, 3.05) is 53.0 Å². The van der Waals surface area contributed by atoms with E-state index in [1.54, 1.807) is 4.90 Å². The van der Waals surface area contributed by atoms with Crippen LogP contribution in [0.15, 0.2) is 0 Å². The van der Waals surface area contributed by atoms with Gasteiger partial charge < -0.3 is 26.4 Å². The molecular formula is C22H43ClN2O4. The highest BCUT2D eigenvalue weighted by Gasteiger charge is 2.33. The summed E-state index contributed by atoms with van der Waals surface area (Å²) in [6, 6.07) is 0. The number of amides is 1. The highest BCUT2D eigenvalue weighted by Crippen LogP contribution is 2.13. The van der Waals surface area contributed by atoms with Crippen molar-refractivity contribution in [2.45, 2.75) is 78.1 Å². The third-order valence-corrected chi connectivity index (χ3v) is 5.62. The highest BCUT2D eigenvalue weighted by atomic mass is 35.5. The van der Waals surface area contributed by atoms with Crippen LogP contribution in [-0.2, 0) is 14.3 Å². The Hall–Kier alpha value is -1.01. The number of halogens is 1. The zero-order valence-corrected chi connectivity index (χ0v) is 19.7. The Labute approximate surface area is 184 Å². The van der Waals surface area contributed by atoms with Gasteiger partial charge in [-0.1, -0.05) is 64.7 Å². The fourth-order valence-electron chi connectivity index (χ4n) is 3.64. The number of carbonyl (C=O) groups excluding carboxylic acids is 2. The van der Waals surface area contributed by atoms with Gasteiger partial charge in [0.05, 0.1) is 46.4 Å². The summed E-state index contributed by atoms with van der Waals surface area (Å²) in [6.07, 6.45) is 12.5. The molecule has 0 aromatic carbocycles. The minimum atomic E-state index is -0.253. The van der Waals surface area contributed by atoms with E-state index in [1.807, 2.05) is 6.92 Å². The quantitative estimate of drug-likeness (QED) is 0.235. The third kappa shape index (κ3) is 13.0. The maximum Gasteiger partial charge on any atom is 0.410 e. The smallest absolute Gasteiger partial charge is 0.410 e. The van der Waals surface area contributed by atoms with Crippen LogP contribution in [0.4, 0.5) is 4.79 Å². The normalized spacial score (nSPS) is 15.5. The van der Waals surface area contributed by atoms with Gasteiger partial charge in [-0.25, -0.2) is 9.59 Å². The lowest BCUT2D eigenvalue weighted by atomic mass is 10.1. The van der Waals surface area contributed by atoms with Crippen LogP contribution in [-0.4, -0.2) is 74.4 Å². The van der Waals surface area contributed by atoms with Crippen LogP contribution < -0.4 is 12.4 Å². The highest BCUT2D eigenvalue weighted by molar-refractivity contribution is 5.70. The number of ether oxygens (including phenoxy) is 2. The molecule has 0 unspecified atom stereocenters. The Balaban J connectivity index is 0.00000784. The first kappa shape index (κ1) is 28.0. The number of hydrogen-bond acceptors (Lipinski definition) is 4. The van der Waals surface area contributed by atoms with E-state index in [1.165, 1.54) is 51.4 Å². The zero-order chi connectivity index (χ0) is 20.7. The van der Waals surface area contributed by atoms with Crippen molar-refractivity contribution in [3.8, 4) is 0 Å². The first-order valence-corrected chi connectivity index (χ1v) is 11.4. The second kappa shape index (κ2) is 16.8. The second-order valence-electron chi connectivity index (χ2n) is 8.31. The second-order valence-corrected chi connectivity index (χ2v) is 8.31. The first-order chi connectivity index (χ1) is 13.5. The average molecular weight is 435 g/mol. The maximum atomic E-state index is 12.2. The van der Waals surface area contributed by atoms with Crippen LogP contribution in [0, 0.1) is 0 Å². The number of esters is 1. The number of unbranched alkanes of at least 4 members (excludes halogenated alkanes) is 9. The molecule has 1 saturated heterocycles. The fourth-order valence-corrected chi connectivity index (χ4v) is 3.64. The van der Waals surface area contributed by atoms with Crippen molar-refractivity contribution in [3.05, 3.63) is 0 Å². The Kier molecular flexibility index (Phi) is 16.2. The predicted octanol–water partition coefficient (Wildman–Crippen LogP) is 1.37. The molecule has 1 amide bonds. The van der Waals surface area contributed by atoms with Crippen molar-refractivity contribution < 1.29 is 36.0 Å². The van der Waals surface area contributed by atoms with Crippen LogP contribution >= 0.6 is 0 Å². The summed E-state index contributed by atoms with van der Waals surface area (Å²) in [5.41, 5.74) is 0. The summed E-state index contributed by atoms with van der Waals surface area (Å²) in [6.45, 7) is 8.14. The Morgan fingerprint density at radius 3 is 1.86 bits per heavy atom. The van der Waals surface area contributed by atoms with Crippen molar-refractivity contribution in [1.82, 2.24) is 4.90 Å². The molecule has 0 atom stereocenters. The molecule has 0 N–H and O–H groups in total. The molecule has 29 heavy (non-hydrogen) atoms. The summed E-state index contributed by atoms with van der Waals surface area (Å²) < 4.78 is 11.1. The monoisotopic (exact) mass is 434 g/mol. The van der Waals surface area contributed by atoms with E-state index in [0.29, 0.717) is 37.3 Å². The lowest BCUT2D eigenvalue weighted by Crippen LogP contribution is -3.00. The van der Waals surface area contributed by atoms with Crippen molar-refractivity contribution in [1.29, 1.82) is 0 Å². The molecular weight excluding hydrogens is 392 g/mol. The van der Waals surface area contributed by atoms with E-state index in [2.05, 4.69) is 14.0 Å². The number of piperazine rings is 1. The van der Waals surface area contributed by atoms with Gasteiger partial charge in [0, 0.05) is 0 Å². The number of nitrogens with zero attached hydrogens (tertiary/aromatic N) is 2. The molecule has 6 nitrogen and oxygen atoms in total. The minimum absolute atomic E-state index is 0. The molecule has 0 aliphatic carbocycles. The largest absolute Gasteiger partial charge is 1.00 e. The average Bonchev–Trinajstić information content (AvgIpc) is 2.66. The summed E-state index contributed by atoms with van der Waals surface area (Å²) in [5.74, 6) is -0.122. The summed E-state index contributed by atoms with van der Waals surface area (Å²) in [4.78, 5) is 25.6. The fraction of sp³-hybridized carbons (Fsp3) is 0.909. The van der Waals surface area contributed by atoms with Crippen molar-refractivity contribution in [3.63, 3.8) is 0 Å². The lowest BCUT2D eigenvalue weighted by Gasteiger charge is -2.40. The number of likely N-dealkylation sites (N-methyl/N-ethyl adjacent to an activating group) is 1. The molecule has 1 aliphatic heterocycles. The van der Waals surface area contributed by atoms with Crippen LogP contribution in [0.25, 0.3) is 0 Å². The van der Waals surface area contributed by atoms with Gasteiger partial charge in [-0.15, -0.1) is 0 Å². The van der Waals surface area contributed by atoms with Gasteiger partial charge in [-0.05, 0) is 13.3 Å². The van der Waals surface area contributed by atoms with E-state index in [0.717, 1.165) is 25.9 Å². The SMILES string of the molecule is CCCCCCCCCCCCOC(=O)C[N+]1(C)CCN(C(=O)OCC)CC1.[Cl-]. The van der Waals surface area contributed by atoms with Crippen LogP contribution in [0.1, 0.15) is 78.1 Å². The van der Waals surface area contributed by atoms with Crippen LogP contribution in [0.5, 0.6) is 0 Å². The molecule has 1 heterocycles. The molecule has 172 valence electrons. The number of quaternary nitrogens is 1.